The van der Waals surface area contributed by atoms with E-state index < -0.39 is 12.1 Å². The second-order valence-electron chi connectivity index (χ2n) is 19.5. The van der Waals surface area contributed by atoms with Crippen LogP contribution >= 0.6 is 0 Å². The molecule has 6 nitrogen and oxygen atoms in total. The average molecular weight is 1060 g/mol. The Hall–Kier alpha value is -5.23. The third kappa shape index (κ3) is 61.5. The summed E-state index contributed by atoms with van der Waals surface area (Å²) in [7, 11) is 0. The van der Waals surface area contributed by atoms with E-state index in [9.17, 15) is 14.4 Å². The molecular weight excluding hydrogens is 949 g/mol. The van der Waals surface area contributed by atoms with Crippen LogP contribution in [0.3, 0.4) is 0 Å². The van der Waals surface area contributed by atoms with Crippen molar-refractivity contribution in [1.82, 2.24) is 0 Å². The molecule has 0 aromatic rings. The highest BCUT2D eigenvalue weighted by molar-refractivity contribution is 5.72. The van der Waals surface area contributed by atoms with Gasteiger partial charge in [0.05, 0.1) is 6.42 Å². The molecule has 0 amide bonds. The lowest BCUT2D eigenvalue weighted by atomic mass is 10.1. The molecule has 1 unspecified atom stereocenters. The van der Waals surface area contributed by atoms with E-state index in [0.29, 0.717) is 12.8 Å². The molecule has 0 radical (unpaired) electrons. The fourth-order valence-corrected chi connectivity index (χ4v) is 7.70. The van der Waals surface area contributed by atoms with Crippen molar-refractivity contribution in [2.45, 2.75) is 245 Å². The Morgan fingerprint density at radius 2 is 0.558 bits per heavy atom. The second-order valence-corrected chi connectivity index (χ2v) is 19.5. The number of rotatable bonds is 53. The van der Waals surface area contributed by atoms with Crippen LogP contribution in [0.1, 0.15) is 239 Å². The van der Waals surface area contributed by atoms with Gasteiger partial charge in [-0.2, -0.15) is 0 Å². The maximum absolute atomic E-state index is 12.9. The summed E-state index contributed by atoms with van der Waals surface area (Å²) in [6.45, 7) is 6.26. The van der Waals surface area contributed by atoms with Gasteiger partial charge in [-0.05, 0) is 135 Å². The molecule has 430 valence electrons. The molecule has 6 heteroatoms. The first-order chi connectivity index (χ1) is 38.0. The molecule has 0 bridgehead atoms. The van der Waals surface area contributed by atoms with Crippen LogP contribution in [0.15, 0.2) is 170 Å². The van der Waals surface area contributed by atoms with Gasteiger partial charge < -0.3 is 14.2 Å². The van der Waals surface area contributed by atoms with Crippen molar-refractivity contribution in [3.8, 4) is 0 Å². The summed E-state index contributed by atoms with van der Waals surface area (Å²) in [5.41, 5.74) is 0. The third-order valence-electron chi connectivity index (χ3n) is 12.2. The number of esters is 3. The second kappa shape index (κ2) is 63.3. The van der Waals surface area contributed by atoms with Crippen LogP contribution < -0.4 is 0 Å². The highest BCUT2D eigenvalue weighted by Crippen LogP contribution is 2.13. The first-order valence-corrected chi connectivity index (χ1v) is 30.6. The van der Waals surface area contributed by atoms with E-state index in [0.717, 1.165) is 122 Å². The summed E-state index contributed by atoms with van der Waals surface area (Å²) < 4.78 is 16.7. The molecule has 0 saturated heterocycles. The molecule has 0 saturated carbocycles. The van der Waals surface area contributed by atoms with Crippen LogP contribution in [0.25, 0.3) is 0 Å². The molecule has 0 aromatic carbocycles. The molecule has 0 aliphatic carbocycles. The lowest BCUT2D eigenvalue weighted by Gasteiger charge is -2.18. The summed E-state index contributed by atoms with van der Waals surface area (Å²) >= 11 is 0. The molecule has 0 fully saturated rings. The number of allylic oxidation sites excluding steroid dienone is 27. The van der Waals surface area contributed by atoms with Crippen molar-refractivity contribution in [2.24, 2.45) is 0 Å². The predicted octanol–water partition coefficient (Wildman–Crippen LogP) is 21.1. The van der Waals surface area contributed by atoms with Crippen LogP contribution in [0, 0.1) is 0 Å². The van der Waals surface area contributed by atoms with Crippen molar-refractivity contribution in [3.05, 3.63) is 170 Å². The lowest BCUT2D eigenvalue weighted by Crippen LogP contribution is -2.30. The number of carbonyl (C=O) groups excluding carboxylic acids is 3. The lowest BCUT2D eigenvalue weighted by molar-refractivity contribution is -0.166. The molecule has 0 N–H and O–H groups in total. The van der Waals surface area contributed by atoms with Gasteiger partial charge in [-0.25, -0.2) is 0 Å². The molecule has 0 aliphatic rings. The van der Waals surface area contributed by atoms with Gasteiger partial charge in [-0.3, -0.25) is 14.4 Å². The molecular formula is C71H110O6. The maximum atomic E-state index is 12.9. The number of ether oxygens (including phenoxy) is 3. The average Bonchev–Trinajstić information content (AvgIpc) is 3.43. The zero-order valence-electron chi connectivity index (χ0n) is 49.1. The van der Waals surface area contributed by atoms with E-state index in [1.54, 1.807) is 6.08 Å². The SMILES string of the molecule is CC/C=C\C/C=C\C/C=C\C/C=C\C/C=C\C/C=C\CCCCC(=O)OC(COC(=O)C/C=C\C/C=C\C/C=C\C/C=C\C/C=C\CC)COC(=O)CCCCCCCCCC/C=C\C/C=C\C/C=C\CCCCCCC. The van der Waals surface area contributed by atoms with Gasteiger partial charge in [0.2, 0.25) is 0 Å². The monoisotopic (exact) mass is 1060 g/mol. The smallest absolute Gasteiger partial charge is 0.309 e. The fourth-order valence-electron chi connectivity index (χ4n) is 7.70. The van der Waals surface area contributed by atoms with Gasteiger partial charge in [0.25, 0.3) is 0 Å². The van der Waals surface area contributed by atoms with Gasteiger partial charge in [-0.1, -0.05) is 255 Å². The predicted molar refractivity (Wildman–Crippen MR) is 334 cm³/mol. The van der Waals surface area contributed by atoms with Crippen LogP contribution in [0.2, 0.25) is 0 Å². The third-order valence-corrected chi connectivity index (χ3v) is 12.2. The van der Waals surface area contributed by atoms with Crippen molar-refractivity contribution < 1.29 is 28.6 Å². The molecule has 0 aromatic heterocycles. The van der Waals surface area contributed by atoms with Crippen molar-refractivity contribution >= 4 is 17.9 Å². The van der Waals surface area contributed by atoms with Gasteiger partial charge in [0.15, 0.2) is 6.10 Å². The molecule has 0 rings (SSSR count). The van der Waals surface area contributed by atoms with Crippen molar-refractivity contribution in [2.75, 3.05) is 13.2 Å². The van der Waals surface area contributed by atoms with E-state index in [1.807, 2.05) is 6.08 Å². The first-order valence-electron chi connectivity index (χ1n) is 30.6. The number of hydrogen-bond donors (Lipinski definition) is 0. The Labute approximate surface area is 472 Å². The highest BCUT2D eigenvalue weighted by Gasteiger charge is 2.19. The van der Waals surface area contributed by atoms with E-state index in [1.165, 1.54) is 70.6 Å². The van der Waals surface area contributed by atoms with Gasteiger partial charge in [0.1, 0.15) is 13.2 Å². The normalized spacial score (nSPS) is 13.3. The Bertz CT molecular complexity index is 1790. The Morgan fingerprint density at radius 1 is 0.286 bits per heavy atom. The summed E-state index contributed by atoms with van der Waals surface area (Å²) in [6.07, 6.45) is 93.8. The maximum Gasteiger partial charge on any atom is 0.309 e. The summed E-state index contributed by atoms with van der Waals surface area (Å²) in [5.74, 6) is -1.13. The van der Waals surface area contributed by atoms with Gasteiger partial charge >= 0.3 is 17.9 Å². The first kappa shape index (κ1) is 71.8. The van der Waals surface area contributed by atoms with Crippen LogP contribution in [0.5, 0.6) is 0 Å². The number of hydrogen-bond acceptors (Lipinski definition) is 6. The van der Waals surface area contributed by atoms with Gasteiger partial charge in [-0.15, -0.1) is 0 Å². The van der Waals surface area contributed by atoms with Crippen molar-refractivity contribution in [3.63, 3.8) is 0 Å². The topological polar surface area (TPSA) is 78.9 Å². The van der Waals surface area contributed by atoms with Crippen LogP contribution in [0.4, 0.5) is 0 Å². The molecule has 77 heavy (non-hydrogen) atoms. The van der Waals surface area contributed by atoms with E-state index >= 15 is 0 Å². The summed E-state index contributed by atoms with van der Waals surface area (Å²) in [4.78, 5) is 38.2. The fraction of sp³-hybridized carbons (Fsp3) is 0.563. The van der Waals surface area contributed by atoms with Crippen molar-refractivity contribution in [1.29, 1.82) is 0 Å². The molecule has 0 heterocycles. The molecule has 1 atom stereocenters. The zero-order valence-corrected chi connectivity index (χ0v) is 49.1. The minimum absolute atomic E-state index is 0.107. The number of carbonyl (C=O) groups is 3. The van der Waals surface area contributed by atoms with Crippen LogP contribution in [-0.2, 0) is 28.6 Å². The van der Waals surface area contributed by atoms with E-state index in [4.69, 9.17) is 14.2 Å². The van der Waals surface area contributed by atoms with E-state index in [2.05, 4.69) is 179 Å². The molecule has 0 spiro atoms. The quantitative estimate of drug-likeness (QED) is 0.0261. The Morgan fingerprint density at radius 3 is 0.935 bits per heavy atom. The standard InChI is InChI=1S/C71H110O6/c1-4-7-10-13-16-19-22-25-28-30-32-34-35-37-38-40-43-46-49-52-55-58-61-64-70(73)76-67-68(66-75-69(72)63-60-57-54-51-48-45-42-27-24-21-18-15-12-9-6-3)77-71(74)65-62-59-56-53-50-47-44-41-39-36-33-31-29-26-23-20-17-14-11-8-5-2/h8-9,11-12,17-18,20-22,25-27,29-30,32-33,35-37,41-42,44,48,50-51,53,57,60,68H,4-7,10,13-16,19,23-24,28,31,34,38-40,43,45-47,49,52,54-56,58-59,61-67H2,1-3H3/b11-8-,12-9-,20-17-,21-18-,25-22-,29-26-,32-30-,36-33-,37-35-,42-27-,44-41-,51-48-,53-50-,60-57-. The summed E-state index contributed by atoms with van der Waals surface area (Å²) in [5, 5.41) is 0. The largest absolute Gasteiger partial charge is 0.462 e. The molecule has 0 aliphatic heterocycles. The minimum atomic E-state index is -0.855. The Kier molecular flexibility index (Phi) is 59.0. The Balaban J connectivity index is 4.58. The highest BCUT2D eigenvalue weighted by atomic mass is 16.6. The van der Waals surface area contributed by atoms with Crippen LogP contribution in [-0.4, -0.2) is 37.2 Å². The van der Waals surface area contributed by atoms with Gasteiger partial charge in [0, 0.05) is 12.8 Å². The summed E-state index contributed by atoms with van der Waals surface area (Å²) in [6, 6.07) is 0. The number of unbranched alkanes of at least 4 members (excludes halogenated alkanes) is 15. The zero-order chi connectivity index (χ0) is 55.7. The van der Waals surface area contributed by atoms with E-state index in [-0.39, 0.29) is 38.0 Å². The minimum Gasteiger partial charge on any atom is -0.462 e.